The van der Waals surface area contributed by atoms with Gasteiger partial charge in [-0.2, -0.15) is 5.26 Å². The van der Waals surface area contributed by atoms with Crippen LogP contribution in [0.3, 0.4) is 0 Å². The first-order chi connectivity index (χ1) is 8.19. The lowest BCUT2D eigenvalue weighted by Crippen LogP contribution is -2.29. The van der Waals surface area contributed by atoms with E-state index in [4.69, 9.17) is 33.0 Å². The summed E-state index contributed by atoms with van der Waals surface area (Å²) in [6.45, 7) is 2.62. The maximum Gasteiger partial charge on any atom is 0.346 e. The third-order valence-corrected chi connectivity index (χ3v) is 5.38. The average molecular weight is 300 g/mol. The zero-order valence-corrected chi connectivity index (χ0v) is 11.9. The standard InChI is InChI=1S/C9H16Cl2N3O2P/c10-2-5-13(6-3-11)17(15,14-7-8-14)16-9-1-4-12/h1-3,5-9H2/t17-/m0/s1. The molecule has 98 valence electrons. The molecule has 0 radical (unpaired) electrons. The molecule has 1 fully saturated rings. The Morgan fingerprint density at radius 2 is 1.94 bits per heavy atom. The molecule has 1 aliphatic heterocycles. The molecule has 1 rings (SSSR count). The predicted molar refractivity (Wildman–Crippen MR) is 68.4 cm³/mol. The summed E-state index contributed by atoms with van der Waals surface area (Å²) in [6, 6.07) is 1.97. The SMILES string of the molecule is N#CCCO[P@@](=O)(N(CCCl)CCCl)N1CC1. The molecular weight excluding hydrogens is 284 g/mol. The van der Waals surface area contributed by atoms with Crippen molar-refractivity contribution in [3.63, 3.8) is 0 Å². The second-order valence-electron chi connectivity index (χ2n) is 3.52. The highest BCUT2D eigenvalue weighted by atomic mass is 35.5. The zero-order chi connectivity index (χ0) is 12.7. The first-order valence-corrected chi connectivity index (χ1v) is 8.03. The minimum Gasteiger partial charge on any atom is -0.305 e. The van der Waals surface area contributed by atoms with E-state index < -0.39 is 7.67 Å². The van der Waals surface area contributed by atoms with Crippen LogP contribution in [0.4, 0.5) is 0 Å². The Balaban J connectivity index is 2.66. The van der Waals surface area contributed by atoms with Gasteiger partial charge >= 0.3 is 7.67 Å². The second kappa shape index (κ2) is 7.58. The minimum atomic E-state index is -3.01. The number of hydrogen-bond acceptors (Lipinski definition) is 3. The van der Waals surface area contributed by atoms with Crippen LogP contribution < -0.4 is 0 Å². The maximum absolute atomic E-state index is 12.7. The molecule has 8 heteroatoms. The van der Waals surface area contributed by atoms with Crippen molar-refractivity contribution < 1.29 is 9.09 Å². The van der Waals surface area contributed by atoms with Gasteiger partial charge in [0.05, 0.1) is 19.1 Å². The van der Waals surface area contributed by atoms with E-state index in [2.05, 4.69) is 0 Å². The van der Waals surface area contributed by atoms with Crippen molar-refractivity contribution in [2.75, 3.05) is 44.5 Å². The number of alkyl halides is 2. The van der Waals surface area contributed by atoms with E-state index in [1.54, 1.807) is 9.34 Å². The lowest BCUT2D eigenvalue weighted by atomic mass is 10.5. The quantitative estimate of drug-likeness (QED) is 0.282. The number of hydrogen-bond donors (Lipinski definition) is 0. The van der Waals surface area contributed by atoms with E-state index in [-0.39, 0.29) is 13.0 Å². The van der Waals surface area contributed by atoms with Gasteiger partial charge in [-0.15, -0.1) is 23.2 Å². The Labute approximate surface area is 112 Å². The zero-order valence-electron chi connectivity index (χ0n) is 9.52. The third kappa shape index (κ3) is 4.40. The molecule has 0 bridgehead atoms. The van der Waals surface area contributed by atoms with Gasteiger partial charge in [0.2, 0.25) is 0 Å². The van der Waals surface area contributed by atoms with E-state index in [0.29, 0.717) is 24.8 Å². The van der Waals surface area contributed by atoms with Gasteiger partial charge in [-0.1, -0.05) is 0 Å². The molecule has 1 heterocycles. The van der Waals surface area contributed by atoms with Crippen LogP contribution in [0, 0.1) is 11.3 Å². The monoisotopic (exact) mass is 299 g/mol. The van der Waals surface area contributed by atoms with Crippen molar-refractivity contribution in [1.82, 2.24) is 9.34 Å². The van der Waals surface area contributed by atoms with Gasteiger partial charge in [-0.05, 0) is 0 Å². The highest BCUT2D eigenvalue weighted by Gasteiger charge is 2.44. The lowest BCUT2D eigenvalue weighted by Gasteiger charge is -2.30. The molecule has 1 atom stereocenters. The molecule has 0 saturated carbocycles. The summed E-state index contributed by atoms with van der Waals surface area (Å²) in [5.41, 5.74) is 0. The molecule has 0 aromatic carbocycles. The third-order valence-electron chi connectivity index (χ3n) is 2.30. The molecule has 0 unspecified atom stereocenters. The fourth-order valence-electron chi connectivity index (χ4n) is 1.41. The van der Waals surface area contributed by atoms with Crippen LogP contribution >= 0.6 is 30.9 Å². The molecule has 0 aromatic heterocycles. The number of nitrogens with zero attached hydrogens (tertiary/aromatic N) is 3. The Bertz CT molecular complexity index is 314. The van der Waals surface area contributed by atoms with Crippen molar-refractivity contribution in [1.29, 1.82) is 5.26 Å². The Hall–Kier alpha value is 0.180. The van der Waals surface area contributed by atoms with Crippen molar-refractivity contribution in [3.8, 4) is 6.07 Å². The fourth-order valence-corrected chi connectivity index (χ4v) is 4.37. The molecule has 17 heavy (non-hydrogen) atoms. The van der Waals surface area contributed by atoms with Crippen molar-refractivity contribution in [2.24, 2.45) is 0 Å². The number of nitriles is 1. The second-order valence-corrected chi connectivity index (χ2v) is 6.64. The van der Waals surface area contributed by atoms with Gasteiger partial charge in [0.15, 0.2) is 0 Å². The van der Waals surface area contributed by atoms with E-state index in [9.17, 15) is 4.57 Å². The summed E-state index contributed by atoms with van der Waals surface area (Å²) in [7, 11) is -3.01. The van der Waals surface area contributed by atoms with E-state index >= 15 is 0 Å². The van der Waals surface area contributed by atoms with E-state index in [1.807, 2.05) is 6.07 Å². The molecule has 0 aliphatic carbocycles. The van der Waals surface area contributed by atoms with Gasteiger partial charge in [-0.3, -0.25) is 4.57 Å². The summed E-state index contributed by atoms with van der Waals surface area (Å²) in [4.78, 5) is 0. The fraction of sp³-hybridized carbons (Fsp3) is 0.889. The Kier molecular flexibility index (Phi) is 6.79. The van der Waals surface area contributed by atoms with Crippen LogP contribution in [0.25, 0.3) is 0 Å². The molecule has 0 N–H and O–H groups in total. The normalized spacial score (nSPS) is 18.9. The Morgan fingerprint density at radius 1 is 1.35 bits per heavy atom. The molecular formula is C9H16Cl2N3O2P. The first kappa shape index (κ1) is 15.2. The lowest BCUT2D eigenvalue weighted by molar-refractivity contribution is 0.248. The van der Waals surface area contributed by atoms with Gasteiger partial charge in [0, 0.05) is 37.9 Å². The van der Waals surface area contributed by atoms with Crippen LogP contribution in [0.15, 0.2) is 0 Å². The maximum atomic E-state index is 12.7. The molecule has 0 spiro atoms. The van der Waals surface area contributed by atoms with E-state index in [0.717, 1.165) is 13.1 Å². The summed E-state index contributed by atoms with van der Waals surface area (Å²) in [5, 5.41) is 8.47. The average Bonchev–Trinajstić information content (AvgIpc) is 3.13. The van der Waals surface area contributed by atoms with Crippen LogP contribution in [-0.4, -0.2) is 53.9 Å². The highest BCUT2D eigenvalue weighted by molar-refractivity contribution is 7.54. The first-order valence-electron chi connectivity index (χ1n) is 5.43. The van der Waals surface area contributed by atoms with Crippen LogP contribution in [0.1, 0.15) is 6.42 Å². The topological polar surface area (TPSA) is 56.3 Å². The molecule has 0 aromatic rings. The molecule has 5 nitrogen and oxygen atoms in total. The molecule has 1 aliphatic rings. The molecule has 1 saturated heterocycles. The number of rotatable bonds is 9. The summed E-state index contributed by atoms with van der Waals surface area (Å²) >= 11 is 11.4. The summed E-state index contributed by atoms with van der Waals surface area (Å²) < 4.78 is 21.6. The van der Waals surface area contributed by atoms with Crippen molar-refractivity contribution >= 4 is 30.9 Å². The minimum absolute atomic E-state index is 0.172. The Morgan fingerprint density at radius 3 is 2.35 bits per heavy atom. The largest absolute Gasteiger partial charge is 0.346 e. The molecule has 0 amide bonds. The smallest absolute Gasteiger partial charge is 0.305 e. The van der Waals surface area contributed by atoms with Gasteiger partial charge in [-0.25, -0.2) is 9.34 Å². The van der Waals surface area contributed by atoms with Crippen LogP contribution in [0.5, 0.6) is 0 Å². The van der Waals surface area contributed by atoms with Gasteiger partial charge in [0.1, 0.15) is 0 Å². The van der Waals surface area contributed by atoms with Crippen molar-refractivity contribution in [3.05, 3.63) is 0 Å². The van der Waals surface area contributed by atoms with Crippen LogP contribution in [0.2, 0.25) is 0 Å². The summed E-state index contributed by atoms with van der Waals surface area (Å²) in [6.07, 6.45) is 0.230. The van der Waals surface area contributed by atoms with Crippen molar-refractivity contribution in [2.45, 2.75) is 6.42 Å². The highest BCUT2D eigenvalue weighted by Crippen LogP contribution is 2.57. The van der Waals surface area contributed by atoms with E-state index in [1.165, 1.54) is 0 Å². The van der Waals surface area contributed by atoms with Crippen LogP contribution in [-0.2, 0) is 9.09 Å². The number of halogens is 2. The predicted octanol–water partition coefficient (Wildman–Crippen LogP) is 2.12. The summed E-state index contributed by atoms with van der Waals surface area (Å²) in [5.74, 6) is 0.743. The van der Waals surface area contributed by atoms with Gasteiger partial charge in [0.25, 0.3) is 0 Å². The van der Waals surface area contributed by atoms with Gasteiger partial charge < -0.3 is 4.52 Å².